The van der Waals surface area contributed by atoms with E-state index in [-0.39, 0.29) is 37.4 Å². The maximum Gasteiger partial charge on any atom is 0.311 e. The number of nitrogens with zero attached hydrogens (tertiary/aromatic N) is 2. The average molecular weight is 414 g/mol. The Morgan fingerprint density at radius 2 is 1.96 bits per heavy atom. The Labute approximate surface area is 167 Å². The second-order valence-corrected chi connectivity index (χ2v) is 8.55. The third-order valence-electron chi connectivity index (χ3n) is 5.10. The lowest BCUT2D eigenvalue weighted by molar-refractivity contribution is -0.152. The molecule has 2 aliphatic heterocycles. The molecule has 1 atom stereocenters. The molecule has 3 rings (SSSR count). The Morgan fingerprint density at radius 3 is 2.63 bits per heavy atom. The maximum absolute atomic E-state index is 12.2. The summed E-state index contributed by atoms with van der Waals surface area (Å²) in [5, 5.41) is 2.60. The van der Waals surface area contributed by atoms with Crippen LogP contribution in [-0.4, -0.2) is 75.8 Å². The van der Waals surface area contributed by atoms with Crippen LogP contribution < -0.4 is 5.32 Å². The van der Waals surface area contributed by atoms with Crippen molar-refractivity contribution in [3.63, 3.8) is 0 Å². The molecule has 3 amide bonds. The maximum atomic E-state index is 12.2. The fraction of sp³-hybridized carbons (Fsp3) is 0.706. The zero-order valence-electron chi connectivity index (χ0n) is 15.0. The topological polar surface area (TPSA) is 96.0 Å². The van der Waals surface area contributed by atoms with Gasteiger partial charge in [-0.15, -0.1) is 0 Å². The highest BCUT2D eigenvalue weighted by Crippen LogP contribution is 2.29. The molecular weight excluding hydrogens is 390 g/mol. The lowest BCUT2D eigenvalue weighted by atomic mass is 10.1. The van der Waals surface area contributed by atoms with Crippen molar-refractivity contribution in [3.05, 3.63) is 0 Å². The molecule has 3 aliphatic rings. The highest BCUT2D eigenvalue weighted by molar-refractivity contribution is 8.23. The number of hydrogen-bond donors (Lipinski definition) is 1. The molecule has 27 heavy (non-hydrogen) atoms. The molecular formula is C17H23N3O5S2. The molecule has 0 aromatic carbocycles. The molecule has 2 saturated heterocycles. The van der Waals surface area contributed by atoms with Crippen LogP contribution >= 0.6 is 24.0 Å². The van der Waals surface area contributed by atoms with Crippen LogP contribution in [0.15, 0.2) is 0 Å². The second-order valence-electron chi connectivity index (χ2n) is 6.94. The first-order valence-corrected chi connectivity index (χ1v) is 10.5. The molecule has 10 heteroatoms. The van der Waals surface area contributed by atoms with Crippen LogP contribution in [0.25, 0.3) is 0 Å². The number of thioether (sulfide) groups is 1. The van der Waals surface area contributed by atoms with E-state index in [1.807, 2.05) is 0 Å². The van der Waals surface area contributed by atoms with Gasteiger partial charge in [0.05, 0.1) is 11.7 Å². The van der Waals surface area contributed by atoms with Crippen LogP contribution in [0, 0.1) is 5.92 Å². The van der Waals surface area contributed by atoms with Crippen molar-refractivity contribution in [2.45, 2.75) is 38.1 Å². The Hall–Kier alpha value is -1.68. The largest absolute Gasteiger partial charge is 0.455 e. The minimum Gasteiger partial charge on any atom is -0.455 e. The Kier molecular flexibility index (Phi) is 6.69. The molecule has 1 N–H and O–H groups in total. The monoisotopic (exact) mass is 413 g/mol. The molecule has 0 bridgehead atoms. The molecule has 3 fully saturated rings. The SMILES string of the molecule is O=C(COC(=O)[C@@H]1CC(=O)N(C2CCCC2)C1)NCCN1C(=O)CSC1=S. The normalized spacial score (nSPS) is 23.4. The number of ether oxygens (including phenoxy) is 1. The summed E-state index contributed by atoms with van der Waals surface area (Å²) in [6, 6.07) is 0.246. The van der Waals surface area contributed by atoms with Gasteiger partial charge in [0.1, 0.15) is 4.32 Å². The van der Waals surface area contributed by atoms with Crippen molar-refractivity contribution in [3.8, 4) is 0 Å². The van der Waals surface area contributed by atoms with E-state index in [1.165, 1.54) is 16.7 Å². The summed E-state index contributed by atoms with van der Waals surface area (Å²) in [5.41, 5.74) is 0. The van der Waals surface area contributed by atoms with Gasteiger partial charge in [-0.05, 0) is 12.8 Å². The number of nitrogens with one attached hydrogen (secondary N) is 1. The fourth-order valence-electron chi connectivity index (χ4n) is 3.67. The van der Waals surface area contributed by atoms with Gasteiger partial charge in [0.25, 0.3) is 5.91 Å². The van der Waals surface area contributed by atoms with E-state index in [9.17, 15) is 19.2 Å². The van der Waals surface area contributed by atoms with E-state index in [4.69, 9.17) is 17.0 Å². The predicted octanol–water partition coefficient (Wildman–Crippen LogP) is 0.297. The number of hydrogen-bond acceptors (Lipinski definition) is 7. The summed E-state index contributed by atoms with van der Waals surface area (Å²) in [6.07, 6.45) is 4.39. The first-order chi connectivity index (χ1) is 13.0. The summed E-state index contributed by atoms with van der Waals surface area (Å²) in [6.45, 7) is 0.536. The van der Waals surface area contributed by atoms with Crippen molar-refractivity contribution in [2.75, 3.05) is 32.0 Å². The zero-order valence-corrected chi connectivity index (χ0v) is 16.6. The third kappa shape index (κ3) is 4.98. The summed E-state index contributed by atoms with van der Waals surface area (Å²) >= 11 is 6.36. The lowest BCUT2D eigenvalue weighted by Crippen LogP contribution is -2.39. The second kappa shape index (κ2) is 9.01. The molecule has 1 saturated carbocycles. The van der Waals surface area contributed by atoms with Gasteiger partial charge < -0.3 is 15.0 Å². The van der Waals surface area contributed by atoms with Crippen LogP contribution in [0.4, 0.5) is 0 Å². The number of rotatable bonds is 7. The van der Waals surface area contributed by atoms with E-state index in [0.29, 0.717) is 23.2 Å². The number of likely N-dealkylation sites (tertiary alicyclic amines) is 1. The van der Waals surface area contributed by atoms with E-state index in [2.05, 4.69) is 5.32 Å². The molecule has 1 aliphatic carbocycles. The van der Waals surface area contributed by atoms with Crippen molar-refractivity contribution < 1.29 is 23.9 Å². The van der Waals surface area contributed by atoms with E-state index >= 15 is 0 Å². The van der Waals surface area contributed by atoms with Gasteiger partial charge in [-0.25, -0.2) is 0 Å². The van der Waals surface area contributed by atoms with E-state index in [0.717, 1.165) is 25.7 Å². The highest BCUT2D eigenvalue weighted by atomic mass is 32.2. The minimum atomic E-state index is -0.508. The van der Waals surface area contributed by atoms with Gasteiger partial charge in [0.2, 0.25) is 11.8 Å². The Morgan fingerprint density at radius 1 is 1.22 bits per heavy atom. The predicted molar refractivity (Wildman–Crippen MR) is 103 cm³/mol. The standard InChI is InChI=1S/C17H23N3O5S2/c21-13(18-5-6-19-15(23)10-27-17(19)26)9-25-16(24)11-7-14(22)20(8-11)12-3-1-2-4-12/h11-12H,1-10H2,(H,18,21)/t11-/m1/s1. The quantitative estimate of drug-likeness (QED) is 0.474. The number of thiocarbonyl (C=S) groups is 1. The number of carbonyl (C=O) groups excluding carboxylic acids is 4. The molecule has 0 aromatic heterocycles. The van der Waals surface area contributed by atoms with Gasteiger partial charge in [-0.3, -0.25) is 24.1 Å². The Balaban J connectivity index is 1.35. The van der Waals surface area contributed by atoms with Crippen molar-refractivity contribution in [1.82, 2.24) is 15.1 Å². The first kappa shape index (κ1) is 20.1. The zero-order chi connectivity index (χ0) is 19.4. The third-order valence-corrected chi connectivity index (χ3v) is 6.53. The van der Waals surface area contributed by atoms with Crippen molar-refractivity contribution in [2.24, 2.45) is 5.92 Å². The molecule has 0 unspecified atom stereocenters. The van der Waals surface area contributed by atoms with Crippen molar-refractivity contribution >= 4 is 52.0 Å². The van der Waals surface area contributed by atoms with E-state index in [1.54, 1.807) is 4.90 Å². The lowest BCUT2D eigenvalue weighted by Gasteiger charge is -2.23. The summed E-state index contributed by atoms with van der Waals surface area (Å²) in [5.74, 6) is -1.18. The van der Waals surface area contributed by atoms with Crippen LogP contribution in [0.1, 0.15) is 32.1 Å². The molecule has 148 valence electrons. The van der Waals surface area contributed by atoms with Gasteiger partial charge in [-0.2, -0.15) is 0 Å². The molecule has 0 radical (unpaired) electrons. The summed E-state index contributed by atoms with van der Waals surface area (Å²) in [4.78, 5) is 51.0. The average Bonchev–Trinajstić information content (AvgIpc) is 3.36. The van der Waals surface area contributed by atoms with Crippen molar-refractivity contribution in [1.29, 1.82) is 0 Å². The molecule has 0 spiro atoms. The van der Waals surface area contributed by atoms with Gasteiger partial charge >= 0.3 is 5.97 Å². The van der Waals surface area contributed by atoms with Gasteiger partial charge in [0.15, 0.2) is 6.61 Å². The Bertz CT molecular complexity index is 634. The number of esters is 1. The number of amides is 3. The first-order valence-electron chi connectivity index (χ1n) is 9.15. The molecule has 8 nitrogen and oxygen atoms in total. The van der Waals surface area contributed by atoms with Crippen LogP contribution in [0.5, 0.6) is 0 Å². The fourth-order valence-corrected chi connectivity index (χ4v) is 4.79. The van der Waals surface area contributed by atoms with Gasteiger partial charge in [0, 0.05) is 32.1 Å². The molecule has 2 heterocycles. The minimum absolute atomic E-state index is 0.00239. The summed E-state index contributed by atoms with van der Waals surface area (Å²) < 4.78 is 5.58. The highest BCUT2D eigenvalue weighted by Gasteiger charge is 2.39. The molecule has 0 aromatic rings. The van der Waals surface area contributed by atoms with Crippen LogP contribution in [0.2, 0.25) is 0 Å². The van der Waals surface area contributed by atoms with E-state index < -0.39 is 17.8 Å². The van der Waals surface area contributed by atoms with Crippen LogP contribution in [0.3, 0.4) is 0 Å². The smallest absolute Gasteiger partial charge is 0.311 e. The van der Waals surface area contributed by atoms with Crippen LogP contribution in [-0.2, 0) is 23.9 Å². The summed E-state index contributed by atoms with van der Waals surface area (Å²) in [7, 11) is 0. The van der Waals surface area contributed by atoms with Gasteiger partial charge in [-0.1, -0.05) is 36.8 Å². The number of carbonyl (C=O) groups is 4.